The second-order valence-electron chi connectivity index (χ2n) is 5.15. The van der Waals surface area contributed by atoms with Gasteiger partial charge in [-0.05, 0) is 31.2 Å². The van der Waals surface area contributed by atoms with Crippen molar-refractivity contribution in [3.8, 4) is 6.07 Å². The molecular weight excluding hydrogens is 160 g/mol. The van der Waals surface area contributed by atoms with Gasteiger partial charge in [0.1, 0.15) is 0 Å². The van der Waals surface area contributed by atoms with Gasteiger partial charge in [-0.15, -0.1) is 0 Å². The molecule has 1 saturated carbocycles. The molecule has 2 nitrogen and oxygen atoms in total. The molecule has 1 unspecified atom stereocenters. The minimum Gasteiger partial charge on any atom is -0.299 e. The van der Waals surface area contributed by atoms with Gasteiger partial charge in [-0.25, -0.2) is 0 Å². The lowest BCUT2D eigenvalue weighted by Gasteiger charge is -2.40. The molecule has 0 aromatic carbocycles. The lowest BCUT2D eigenvalue weighted by atomic mass is 9.74. The summed E-state index contributed by atoms with van der Waals surface area (Å²) in [5, 5.41) is 9.07. The fourth-order valence-corrected chi connectivity index (χ4v) is 2.17. The van der Waals surface area contributed by atoms with E-state index in [1.54, 1.807) is 0 Å². The van der Waals surface area contributed by atoms with Crippen LogP contribution in [-0.4, -0.2) is 24.0 Å². The average molecular weight is 178 g/mol. The minimum absolute atomic E-state index is 0.236. The van der Waals surface area contributed by atoms with Gasteiger partial charge in [0.2, 0.25) is 0 Å². The zero-order valence-electron chi connectivity index (χ0n) is 8.58. The number of nitriles is 1. The first-order valence-electron chi connectivity index (χ1n) is 5.27. The Morgan fingerprint density at radius 3 is 2.62 bits per heavy atom. The highest BCUT2D eigenvalue weighted by Crippen LogP contribution is 2.39. The molecule has 2 aliphatic rings. The summed E-state index contributed by atoms with van der Waals surface area (Å²) in [6.07, 6.45) is 3.90. The minimum atomic E-state index is 0.236. The summed E-state index contributed by atoms with van der Waals surface area (Å²) in [4.78, 5) is 2.51. The largest absolute Gasteiger partial charge is 0.299 e. The lowest BCUT2D eigenvalue weighted by molar-refractivity contribution is 0.0857. The Hall–Kier alpha value is -0.550. The summed E-state index contributed by atoms with van der Waals surface area (Å²) in [6, 6.07) is 3.29. The van der Waals surface area contributed by atoms with E-state index in [-0.39, 0.29) is 11.3 Å². The highest BCUT2D eigenvalue weighted by Gasteiger charge is 2.40. The molecule has 0 N–H and O–H groups in total. The van der Waals surface area contributed by atoms with E-state index in [0.29, 0.717) is 0 Å². The van der Waals surface area contributed by atoms with Crippen molar-refractivity contribution in [2.45, 2.75) is 39.2 Å². The van der Waals surface area contributed by atoms with Crippen molar-refractivity contribution < 1.29 is 0 Å². The molecule has 1 heterocycles. The maximum absolute atomic E-state index is 9.07. The predicted molar refractivity (Wildman–Crippen MR) is 52.1 cm³/mol. The van der Waals surface area contributed by atoms with Crippen LogP contribution in [0.1, 0.15) is 33.1 Å². The number of piperidine rings is 1. The predicted octanol–water partition coefficient (Wildman–Crippen LogP) is 2.02. The van der Waals surface area contributed by atoms with Crippen LogP contribution in [0.2, 0.25) is 0 Å². The number of likely N-dealkylation sites (tertiary alicyclic amines) is 1. The van der Waals surface area contributed by atoms with E-state index in [0.717, 1.165) is 12.6 Å². The second kappa shape index (κ2) is 2.99. The first-order valence-corrected chi connectivity index (χ1v) is 5.27. The summed E-state index contributed by atoms with van der Waals surface area (Å²) in [6.45, 7) is 6.67. The highest BCUT2D eigenvalue weighted by atomic mass is 15.2. The molecule has 1 aliphatic heterocycles. The normalized spacial score (nSPS) is 34.1. The fraction of sp³-hybridized carbons (Fsp3) is 0.909. The zero-order valence-corrected chi connectivity index (χ0v) is 8.58. The summed E-state index contributed by atoms with van der Waals surface area (Å²) >= 11 is 0. The molecule has 13 heavy (non-hydrogen) atoms. The Balaban J connectivity index is 2.01. The third kappa shape index (κ3) is 1.71. The van der Waals surface area contributed by atoms with Gasteiger partial charge >= 0.3 is 0 Å². The Kier molecular flexibility index (Phi) is 2.08. The van der Waals surface area contributed by atoms with Gasteiger partial charge < -0.3 is 0 Å². The Morgan fingerprint density at radius 2 is 2.08 bits per heavy atom. The van der Waals surface area contributed by atoms with Crippen LogP contribution in [-0.2, 0) is 0 Å². The van der Waals surface area contributed by atoms with Crippen molar-refractivity contribution in [1.29, 1.82) is 5.26 Å². The first kappa shape index (κ1) is 9.02. The summed E-state index contributed by atoms with van der Waals surface area (Å²) in [5.41, 5.74) is 0.236. The van der Waals surface area contributed by atoms with E-state index in [4.69, 9.17) is 5.26 Å². The lowest BCUT2D eigenvalue weighted by Crippen LogP contribution is -2.45. The van der Waals surface area contributed by atoms with Crippen LogP contribution in [0.15, 0.2) is 0 Å². The number of hydrogen-bond donors (Lipinski definition) is 0. The van der Waals surface area contributed by atoms with E-state index in [2.05, 4.69) is 24.8 Å². The SMILES string of the molecule is CC1(C)CCN(C2CC2)CC1C#N. The summed E-state index contributed by atoms with van der Waals surface area (Å²) in [7, 11) is 0. The molecule has 0 bridgehead atoms. The van der Waals surface area contributed by atoms with E-state index in [1.165, 1.54) is 25.8 Å². The maximum Gasteiger partial charge on any atom is 0.0674 e. The molecule has 2 rings (SSSR count). The van der Waals surface area contributed by atoms with Gasteiger partial charge in [-0.1, -0.05) is 13.8 Å². The van der Waals surface area contributed by atoms with Gasteiger partial charge in [-0.2, -0.15) is 5.26 Å². The van der Waals surface area contributed by atoms with Crippen LogP contribution >= 0.6 is 0 Å². The van der Waals surface area contributed by atoms with Crippen LogP contribution in [0, 0.1) is 22.7 Å². The Bertz CT molecular complexity index is 235. The topological polar surface area (TPSA) is 27.0 Å². The highest BCUT2D eigenvalue weighted by molar-refractivity contribution is 5.01. The smallest absolute Gasteiger partial charge is 0.0674 e. The van der Waals surface area contributed by atoms with E-state index >= 15 is 0 Å². The molecule has 1 saturated heterocycles. The van der Waals surface area contributed by atoms with Gasteiger partial charge in [-0.3, -0.25) is 4.90 Å². The molecule has 1 aliphatic carbocycles. The van der Waals surface area contributed by atoms with Crippen LogP contribution in [0.5, 0.6) is 0 Å². The molecule has 0 aromatic rings. The van der Waals surface area contributed by atoms with Crippen molar-refractivity contribution >= 4 is 0 Å². The zero-order chi connectivity index (χ0) is 9.47. The van der Waals surface area contributed by atoms with Gasteiger partial charge in [0.05, 0.1) is 12.0 Å². The van der Waals surface area contributed by atoms with Gasteiger partial charge in [0.15, 0.2) is 0 Å². The van der Waals surface area contributed by atoms with E-state index < -0.39 is 0 Å². The number of hydrogen-bond acceptors (Lipinski definition) is 2. The molecule has 2 fully saturated rings. The molecule has 1 atom stereocenters. The monoisotopic (exact) mass is 178 g/mol. The maximum atomic E-state index is 9.07. The number of nitrogens with zero attached hydrogens (tertiary/aromatic N) is 2. The quantitative estimate of drug-likeness (QED) is 0.614. The molecule has 72 valence electrons. The molecule has 0 spiro atoms. The summed E-state index contributed by atoms with van der Waals surface area (Å²) in [5.74, 6) is 0.238. The molecule has 2 heteroatoms. The van der Waals surface area contributed by atoms with Crippen molar-refractivity contribution in [2.75, 3.05) is 13.1 Å². The van der Waals surface area contributed by atoms with Crippen molar-refractivity contribution in [1.82, 2.24) is 4.90 Å². The first-order chi connectivity index (χ1) is 6.13. The van der Waals surface area contributed by atoms with Gasteiger partial charge in [0.25, 0.3) is 0 Å². The van der Waals surface area contributed by atoms with Crippen LogP contribution in [0.4, 0.5) is 0 Å². The average Bonchev–Trinajstić information content (AvgIpc) is 2.87. The fourth-order valence-electron chi connectivity index (χ4n) is 2.17. The van der Waals surface area contributed by atoms with Crippen LogP contribution < -0.4 is 0 Å². The molecular formula is C11H18N2. The van der Waals surface area contributed by atoms with Crippen molar-refractivity contribution in [3.05, 3.63) is 0 Å². The third-order valence-corrected chi connectivity index (χ3v) is 3.62. The molecule has 0 radical (unpaired) electrons. The van der Waals surface area contributed by atoms with Crippen LogP contribution in [0.25, 0.3) is 0 Å². The standard InChI is InChI=1S/C11H18N2/c1-11(2)5-6-13(10-3-4-10)8-9(11)7-12/h9-10H,3-6,8H2,1-2H3. The van der Waals surface area contributed by atoms with E-state index in [1.807, 2.05) is 0 Å². The van der Waals surface area contributed by atoms with Gasteiger partial charge in [0, 0.05) is 12.6 Å². The van der Waals surface area contributed by atoms with Crippen molar-refractivity contribution in [3.63, 3.8) is 0 Å². The molecule has 0 amide bonds. The second-order valence-corrected chi connectivity index (χ2v) is 5.15. The Morgan fingerprint density at radius 1 is 1.38 bits per heavy atom. The molecule has 0 aromatic heterocycles. The summed E-state index contributed by atoms with van der Waals surface area (Å²) < 4.78 is 0. The number of rotatable bonds is 1. The Labute approximate surface area is 80.5 Å². The third-order valence-electron chi connectivity index (χ3n) is 3.62. The van der Waals surface area contributed by atoms with Crippen molar-refractivity contribution in [2.24, 2.45) is 11.3 Å². The van der Waals surface area contributed by atoms with Crippen LogP contribution in [0.3, 0.4) is 0 Å². The van der Waals surface area contributed by atoms with E-state index in [9.17, 15) is 0 Å².